The maximum atomic E-state index is 14.3. The van der Waals surface area contributed by atoms with Crippen LogP contribution in [0.3, 0.4) is 0 Å². The number of hydrogen-bond donors (Lipinski definition) is 2. The van der Waals surface area contributed by atoms with Gasteiger partial charge in [0, 0.05) is 12.3 Å². The fraction of sp³-hybridized carbons (Fsp3) is 0.261. The molecule has 3 aromatic rings. The molecule has 12 heteroatoms. The summed E-state index contributed by atoms with van der Waals surface area (Å²) in [5, 5.41) is 5.72. The number of aromatic nitrogens is 2. The highest BCUT2D eigenvalue weighted by Crippen LogP contribution is 2.38. The highest BCUT2D eigenvalue weighted by atomic mass is 35.5. The molecule has 0 radical (unpaired) electrons. The first-order valence-corrected chi connectivity index (χ1v) is 10.4. The molecule has 186 valence electrons. The average molecular weight is 515 g/mol. The minimum Gasteiger partial charge on any atom is -0.488 e. The van der Waals surface area contributed by atoms with E-state index in [4.69, 9.17) is 4.74 Å². The number of nitrogens with zero attached hydrogens (tertiary/aromatic N) is 2. The van der Waals surface area contributed by atoms with E-state index in [1.165, 1.54) is 12.4 Å². The van der Waals surface area contributed by atoms with E-state index in [0.29, 0.717) is 11.8 Å². The molecule has 6 nitrogen and oxygen atoms in total. The lowest BCUT2D eigenvalue weighted by Crippen LogP contribution is -2.34. The first-order valence-electron chi connectivity index (χ1n) is 10.4. The number of anilines is 1. The molecule has 2 aromatic heterocycles. The molecule has 0 saturated carbocycles. The number of carbonyl (C=O) groups is 1. The van der Waals surface area contributed by atoms with Crippen molar-refractivity contribution >= 4 is 24.0 Å². The highest BCUT2D eigenvalue weighted by molar-refractivity contribution is 6.04. The van der Waals surface area contributed by atoms with Gasteiger partial charge in [-0.15, -0.1) is 12.4 Å². The summed E-state index contributed by atoms with van der Waals surface area (Å²) in [6, 6.07) is 5.60. The molecule has 0 atom stereocenters. The SMILES string of the molecule is Cl.O=C(Nc1cnccc1OC1CCNCC1)c1ccc(C(F)(F)F)c(-c2c(F)cccc2F)n1. The normalized spacial score (nSPS) is 14.2. The minimum absolute atomic E-state index is 0. The van der Waals surface area contributed by atoms with Gasteiger partial charge < -0.3 is 15.4 Å². The molecule has 3 heterocycles. The zero-order chi connectivity index (χ0) is 24.3. The van der Waals surface area contributed by atoms with Crippen molar-refractivity contribution in [3.8, 4) is 17.0 Å². The van der Waals surface area contributed by atoms with Gasteiger partial charge >= 0.3 is 6.18 Å². The van der Waals surface area contributed by atoms with E-state index in [-0.39, 0.29) is 24.2 Å². The van der Waals surface area contributed by atoms with Gasteiger partial charge in [0.25, 0.3) is 5.91 Å². The van der Waals surface area contributed by atoms with Crippen molar-refractivity contribution in [2.45, 2.75) is 25.1 Å². The van der Waals surface area contributed by atoms with Crippen LogP contribution in [0.15, 0.2) is 48.8 Å². The summed E-state index contributed by atoms with van der Waals surface area (Å²) >= 11 is 0. The topological polar surface area (TPSA) is 76.1 Å². The summed E-state index contributed by atoms with van der Waals surface area (Å²) in [7, 11) is 0. The van der Waals surface area contributed by atoms with E-state index in [2.05, 4.69) is 20.6 Å². The van der Waals surface area contributed by atoms with Crippen LogP contribution in [0.2, 0.25) is 0 Å². The van der Waals surface area contributed by atoms with E-state index in [1.54, 1.807) is 6.07 Å². The molecule has 1 saturated heterocycles. The predicted molar refractivity (Wildman–Crippen MR) is 121 cm³/mol. The maximum absolute atomic E-state index is 14.3. The van der Waals surface area contributed by atoms with Crippen molar-refractivity contribution in [3.63, 3.8) is 0 Å². The van der Waals surface area contributed by atoms with Crippen LogP contribution in [0.5, 0.6) is 5.75 Å². The molecule has 4 rings (SSSR count). The monoisotopic (exact) mass is 514 g/mol. The third-order valence-corrected chi connectivity index (χ3v) is 5.24. The Hall–Kier alpha value is -3.31. The summed E-state index contributed by atoms with van der Waals surface area (Å²) < 4.78 is 75.1. The Morgan fingerprint density at radius 1 is 1.06 bits per heavy atom. The number of piperidine rings is 1. The molecule has 0 aliphatic carbocycles. The minimum atomic E-state index is -4.95. The summed E-state index contributed by atoms with van der Waals surface area (Å²) in [6.45, 7) is 1.56. The van der Waals surface area contributed by atoms with Crippen molar-refractivity contribution < 1.29 is 31.5 Å². The van der Waals surface area contributed by atoms with Gasteiger partial charge in [0.05, 0.1) is 23.0 Å². The van der Waals surface area contributed by atoms with E-state index in [9.17, 15) is 26.7 Å². The molecule has 1 aliphatic rings. The fourth-order valence-corrected chi connectivity index (χ4v) is 3.59. The Bertz CT molecular complexity index is 1180. The van der Waals surface area contributed by atoms with Crippen molar-refractivity contribution in [2.75, 3.05) is 18.4 Å². The first-order chi connectivity index (χ1) is 16.2. The van der Waals surface area contributed by atoms with Gasteiger partial charge in [-0.1, -0.05) is 6.07 Å². The zero-order valence-corrected chi connectivity index (χ0v) is 18.9. The number of rotatable bonds is 5. The molecular formula is C23H20ClF5N4O2. The highest BCUT2D eigenvalue weighted by Gasteiger charge is 2.36. The summed E-state index contributed by atoms with van der Waals surface area (Å²) in [6.07, 6.45) is -0.719. The molecular weight excluding hydrogens is 495 g/mol. The van der Waals surface area contributed by atoms with Gasteiger partial charge in [0.15, 0.2) is 0 Å². The Morgan fingerprint density at radius 3 is 2.40 bits per heavy atom. The first kappa shape index (κ1) is 26.3. The van der Waals surface area contributed by atoms with Crippen molar-refractivity contribution in [1.82, 2.24) is 15.3 Å². The number of halogens is 6. The van der Waals surface area contributed by atoms with E-state index in [1.807, 2.05) is 0 Å². The van der Waals surface area contributed by atoms with E-state index < -0.39 is 46.2 Å². The average Bonchev–Trinajstić information content (AvgIpc) is 2.80. The van der Waals surface area contributed by atoms with Crippen LogP contribution >= 0.6 is 12.4 Å². The lowest BCUT2D eigenvalue weighted by molar-refractivity contribution is -0.137. The van der Waals surface area contributed by atoms with Crippen LogP contribution in [0.1, 0.15) is 28.9 Å². The smallest absolute Gasteiger partial charge is 0.418 e. The van der Waals surface area contributed by atoms with Crippen LogP contribution in [0.25, 0.3) is 11.3 Å². The molecule has 0 unspecified atom stereocenters. The lowest BCUT2D eigenvalue weighted by atomic mass is 10.0. The van der Waals surface area contributed by atoms with Gasteiger partial charge in [0.1, 0.15) is 34.9 Å². The zero-order valence-electron chi connectivity index (χ0n) is 18.0. The number of pyridine rings is 2. The molecule has 1 fully saturated rings. The molecule has 0 spiro atoms. The van der Waals surface area contributed by atoms with Gasteiger partial charge in [0.2, 0.25) is 0 Å². The molecule has 1 aliphatic heterocycles. The van der Waals surface area contributed by atoms with E-state index >= 15 is 0 Å². The van der Waals surface area contributed by atoms with Gasteiger partial charge in [-0.25, -0.2) is 13.8 Å². The lowest BCUT2D eigenvalue weighted by Gasteiger charge is -2.24. The van der Waals surface area contributed by atoms with Crippen molar-refractivity contribution in [2.24, 2.45) is 0 Å². The second kappa shape index (κ2) is 11.0. The fourth-order valence-electron chi connectivity index (χ4n) is 3.59. The van der Waals surface area contributed by atoms with Crippen molar-refractivity contribution in [3.05, 3.63) is 71.7 Å². The maximum Gasteiger partial charge on any atom is 0.418 e. The molecule has 1 aromatic carbocycles. The van der Waals surface area contributed by atoms with Gasteiger partial charge in [-0.3, -0.25) is 9.78 Å². The standard InChI is InChI=1S/C23H19F5N4O2.ClH/c24-15-2-1-3-16(25)20(15)21-14(23(26,27)28)4-5-17(31-21)22(33)32-18-12-30-11-8-19(18)34-13-6-9-29-10-7-13;/h1-5,8,11-13,29H,6-7,9-10H2,(H,32,33);1H. The number of hydrogen-bond acceptors (Lipinski definition) is 5. The van der Waals surface area contributed by atoms with E-state index in [0.717, 1.165) is 50.2 Å². The van der Waals surface area contributed by atoms with Crippen LogP contribution in [-0.4, -0.2) is 35.1 Å². The number of nitrogens with one attached hydrogen (secondary N) is 2. The van der Waals surface area contributed by atoms with Crippen LogP contribution < -0.4 is 15.4 Å². The molecule has 2 N–H and O–H groups in total. The second-order valence-electron chi connectivity index (χ2n) is 7.58. The second-order valence-corrected chi connectivity index (χ2v) is 7.58. The Morgan fingerprint density at radius 2 is 1.74 bits per heavy atom. The Balaban J connectivity index is 0.00000342. The molecule has 0 bridgehead atoms. The third-order valence-electron chi connectivity index (χ3n) is 5.24. The third kappa shape index (κ3) is 6.04. The van der Waals surface area contributed by atoms with Gasteiger partial charge in [-0.05, 0) is 50.2 Å². The summed E-state index contributed by atoms with van der Waals surface area (Å²) in [5.41, 5.74) is -3.65. The van der Waals surface area contributed by atoms with Crippen LogP contribution in [0, 0.1) is 11.6 Å². The summed E-state index contributed by atoms with van der Waals surface area (Å²) in [5.74, 6) is -3.03. The number of benzene rings is 1. The van der Waals surface area contributed by atoms with Gasteiger partial charge in [-0.2, -0.15) is 13.2 Å². The van der Waals surface area contributed by atoms with Crippen LogP contribution in [0.4, 0.5) is 27.6 Å². The van der Waals surface area contributed by atoms with Crippen molar-refractivity contribution in [1.29, 1.82) is 0 Å². The Labute approximate surface area is 203 Å². The summed E-state index contributed by atoms with van der Waals surface area (Å²) in [4.78, 5) is 20.5. The molecule has 35 heavy (non-hydrogen) atoms. The largest absolute Gasteiger partial charge is 0.488 e. The Kier molecular flexibility index (Phi) is 8.23. The number of carbonyl (C=O) groups excluding carboxylic acids is 1. The quantitative estimate of drug-likeness (QED) is 0.455. The number of ether oxygens (including phenoxy) is 1. The van der Waals surface area contributed by atoms with Crippen LogP contribution in [-0.2, 0) is 6.18 Å². The number of alkyl halides is 3. The predicted octanol–water partition coefficient (Wildman–Crippen LogP) is 5.25. The number of amides is 1. The molecule has 1 amide bonds.